The van der Waals surface area contributed by atoms with E-state index in [0.717, 1.165) is 30.9 Å². The summed E-state index contributed by atoms with van der Waals surface area (Å²) in [5.41, 5.74) is 1.92. The predicted molar refractivity (Wildman–Crippen MR) is 133 cm³/mol. The molecule has 4 heterocycles. The van der Waals surface area contributed by atoms with E-state index in [1.165, 1.54) is 11.8 Å². The number of nitrogens with one attached hydrogen (secondary N) is 1. The largest absolute Gasteiger partial charge is 0.356 e. The molecule has 2 unspecified atom stereocenters. The Kier molecular flexibility index (Phi) is 6.03. The van der Waals surface area contributed by atoms with Gasteiger partial charge in [0.25, 0.3) is 5.56 Å². The fourth-order valence-corrected chi connectivity index (χ4v) is 5.68. The number of hydrogen-bond donors (Lipinski definition) is 1. The van der Waals surface area contributed by atoms with Gasteiger partial charge in [-0.25, -0.2) is 0 Å². The number of anilines is 1. The number of ketones is 1. The first kappa shape index (κ1) is 21.8. The average Bonchev–Trinajstić information content (AvgIpc) is 3.18. The van der Waals surface area contributed by atoms with Gasteiger partial charge in [-0.3, -0.25) is 19.4 Å². The molecular weight excluding hydrogens is 458 g/mol. The van der Waals surface area contributed by atoms with E-state index in [9.17, 15) is 14.4 Å². The van der Waals surface area contributed by atoms with Crippen LogP contribution in [-0.2, 0) is 16.1 Å². The molecule has 1 saturated heterocycles. The molecule has 5 rings (SSSR count). The first-order chi connectivity index (χ1) is 16.0. The molecule has 170 valence electrons. The number of hydrogen-bond acceptors (Lipinski definition) is 7. The molecule has 0 aliphatic carbocycles. The van der Waals surface area contributed by atoms with Gasteiger partial charge in [0.05, 0.1) is 11.4 Å². The molecule has 1 amide bonds. The molecule has 0 saturated carbocycles. The summed E-state index contributed by atoms with van der Waals surface area (Å²) >= 11 is 6.91. The van der Waals surface area contributed by atoms with Crippen LogP contribution in [0.5, 0.6) is 0 Å². The molecular formula is C23H23N5O3S2. The summed E-state index contributed by atoms with van der Waals surface area (Å²) in [6.45, 7) is 2.33. The van der Waals surface area contributed by atoms with E-state index in [0.29, 0.717) is 16.8 Å². The monoisotopic (exact) mass is 481 g/mol. The number of amidine groups is 1. The van der Waals surface area contributed by atoms with E-state index in [-0.39, 0.29) is 41.3 Å². The number of nitrogens with zero attached hydrogens (tertiary/aromatic N) is 4. The van der Waals surface area contributed by atoms with E-state index in [1.807, 2.05) is 47.0 Å². The molecule has 2 aromatic rings. The molecule has 0 spiro atoms. The lowest BCUT2D eigenvalue weighted by Crippen LogP contribution is -2.48. The normalized spacial score (nSPS) is 21.5. The number of likely N-dealkylation sites (tertiary alicyclic amines) is 1. The number of amides is 1. The zero-order chi connectivity index (χ0) is 22.9. The highest BCUT2D eigenvalue weighted by Crippen LogP contribution is 2.36. The summed E-state index contributed by atoms with van der Waals surface area (Å²) in [7, 11) is 0. The minimum absolute atomic E-state index is 0.0551. The van der Waals surface area contributed by atoms with Crippen LogP contribution in [-0.4, -0.2) is 56.7 Å². The van der Waals surface area contributed by atoms with Crippen LogP contribution in [0, 0.1) is 5.92 Å². The molecule has 1 aromatic carbocycles. The van der Waals surface area contributed by atoms with Crippen molar-refractivity contribution in [3.63, 3.8) is 0 Å². The third-order valence-corrected chi connectivity index (χ3v) is 7.68. The molecule has 8 nitrogen and oxygen atoms in total. The van der Waals surface area contributed by atoms with Crippen LogP contribution in [0.4, 0.5) is 5.69 Å². The Morgan fingerprint density at radius 3 is 2.73 bits per heavy atom. The summed E-state index contributed by atoms with van der Waals surface area (Å²) in [5.74, 6) is 0.255. The van der Waals surface area contributed by atoms with E-state index in [1.54, 1.807) is 11.1 Å². The molecule has 33 heavy (non-hydrogen) atoms. The van der Waals surface area contributed by atoms with Crippen LogP contribution >= 0.6 is 24.0 Å². The Labute approximate surface area is 200 Å². The number of thiocarbonyl (C=S) groups is 1. The van der Waals surface area contributed by atoms with Crippen molar-refractivity contribution in [2.24, 2.45) is 11.0 Å². The Hall–Kier alpha value is -2.98. The van der Waals surface area contributed by atoms with Crippen molar-refractivity contribution in [3.8, 4) is 0 Å². The quantitative estimate of drug-likeness (QED) is 0.669. The SMILES string of the molecule is O=C(CSC(=S)N1CC2CC(C1)c1cccc(=O)n1C2)NC1=NN(c2ccccc2)CC1=O. The summed E-state index contributed by atoms with van der Waals surface area (Å²) < 4.78 is 2.55. The van der Waals surface area contributed by atoms with Gasteiger partial charge in [-0.2, -0.15) is 5.10 Å². The van der Waals surface area contributed by atoms with Gasteiger partial charge >= 0.3 is 0 Å². The number of para-hydroxylation sites is 1. The van der Waals surface area contributed by atoms with Gasteiger partial charge in [0.2, 0.25) is 11.7 Å². The fraction of sp³-hybridized carbons (Fsp3) is 0.348. The Bertz CT molecular complexity index is 1200. The zero-order valence-electron chi connectivity index (χ0n) is 17.8. The molecule has 10 heteroatoms. The minimum atomic E-state index is -0.307. The van der Waals surface area contributed by atoms with Gasteiger partial charge in [-0.05, 0) is 30.5 Å². The Morgan fingerprint density at radius 1 is 1.09 bits per heavy atom. The molecule has 1 fully saturated rings. The topological polar surface area (TPSA) is 87.0 Å². The number of thioether (sulfide) groups is 1. The predicted octanol–water partition coefficient (Wildman–Crippen LogP) is 1.80. The summed E-state index contributed by atoms with van der Waals surface area (Å²) in [5, 5.41) is 8.45. The van der Waals surface area contributed by atoms with E-state index < -0.39 is 0 Å². The second-order valence-corrected chi connectivity index (χ2v) is 10.1. The third kappa shape index (κ3) is 4.58. The second-order valence-electron chi connectivity index (χ2n) is 8.47. The van der Waals surface area contributed by atoms with Crippen molar-refractivity contribution in [1.29, 1.82) is 0 Å². The number of Topliss-reactive ketones (excluding diaryl/α,β-unsaturated/α-hetero) is 1. The van der Waals surface area contributed by atoms with E-state index in [2.05, 4.69) is 15.3 Å². The maximum absolute atomic E-state index is 12.5. The van der Waals surface area contributed by atoms with Crippen molar-refractivity contribution in [2.75, 3.05) is 30.4 Å². The van der Waals surface area contributed by atoms with Crippen LogP contribution in [0.25, 0.3) is 0 Å². The van der Waals surface area contributed by atoms with Gasteiger partial charge in [0, 0.05) is 37.3 Å². The molecule has 2 atom stereocenters. The first-order valence-corrected chi connectivity index (χ1v) is 12.2. The summed E-state index contributed by atoms with van der Waals surface area (Å²) in [6.07, 6.45) is 1.05. The zero-order valence-corrected chi connectivity index (χ0v) is 19.5. The number of pyridine rings is 1. The van der Waals surface area contributed by atoms with Gasteiger partial charge in [0.1, 0.15) is 10.9 Å². The lowest BCUT2D eigenvalue weighted by Gasteiger charge is -2.43. The molecule has 2 bridgehead atoms. The van der Waals surface area contributed by atoms with Crippen molar-refractivity contribution >= 4 is 51.5 Å². The smallest absolute Gasteiger partial charge is 0.250 e. The van der Waals surface area contributed by atoms with Crippen molar-refractivity contribution in [1.82, 2.24) is 14.8 Å². The number of benzene rings is 1. The molecule has 1 N–H and O–H groups in total. The highest BCUT2D eigenvalue weighted by molar-refractivity contribution is 8.23. The van der Waals surface area contributed by atoms with Gasteiger partial charge in [-0.15, -0.1) is 0 Å². The number of rotatable bonds is 3. The number of hydrazone groups is 1. The highest BCUT2D eigenvalue weighted by Gasteiger charge is 2.35. The molecule has 3 aliphatic heterocycles. The molecule has 3 aliphatic rings. The molecule has 0 radical (unpaired) electrons. The summed E-state index contributed by atoms with van der Waals surface area (Å²) in [6, 6.07) is 14.8. The van der Waals surface area contributed by atoms with E-state index in [4.69, 9.17) is 12.2 Å². The van der Waals surface area contributed by atoms with Crippen LogP contribution in [0.2, 0.25) is 0 Å². The number of aromatic nitrogens is 1. The fourth-order valence-electron chi connectivity index (χ4n) is 4.70. The first-order valence-electron chi connectivity index (χ1n) is 10.8. The maximum atomic E-state index is 12.5. The van der Waals surface area contributed by atoms with Crippen LogP contribution < -0.4 is 15.9 Å². The minimum Gasteiger partial charge on any atom is -0.356 e. The Morgan fingerprint density at radius 2 is 1.91 bits per heavy atom. The van der Waals surface area contributed by atoms with Crippen LogP contribution in [0.15, 0.2) is 58.4 Å². The van der Waals surface area contributed by atoms with Crippen LogP contribution in [0.1, 0.15) is 18.0 Å². The van der Waals surface area contributed by atoms with Gasteiger partial charge < -0.3 is 14.8 Å². The third-order valence-electron chi connectivity index (χ3n) is 6.15. The van der Waals surface area contributed by atoms with Gasteiger partial charge in [0.15, 0.2) is 5.84 Å². The van der Waals surface area contributed by atoms with Crippen LogP contribution in [0.3, 0.4) is 0 Å². The van der Waals surface area contributed by atoms with Crippen molar-refractivity contribution in [3.05, 3.63) is 64.6 Å². The van der Waals surface area contributed by atoms with E-state index >= 15 is 0 Å². The van der Waals surface area contributed by atoms with Gasteiger partial charge in [-0.1, -0.05) is 48.2 Å². The standard InChI is InChI=1S/C23H23N5O3S2/c29-19-13-28(17-5-2-1-3-6-17)25-22(19)24-20(30)14-33-23(32)26-10-15-9-16(12-26)18-7-4-8-21(31)27(18)11-15/h1-8,15-16H,9-14H2,(H,24,25,30). The Balaban J connectivity index is 1.16. The number of carbonyl (C=O) groups excluding carboxylic acids is 2. The number of carbonyl (C=O) groups is 2. The number of piperidine rings is 1. The summed E-state index contributed by atoms with van der Waals surface area (Å²) in [4.78, 5) is 39.1. The lowest BCUT2D eigenvalue weighted by molar-refractivity contribution is -0.118. The number of fused-ring (bicyclic) bond motifs is 4. The average molecular weight is 482 g/mol. The van der Waals surface area contributed by atoms with Crippen molar-refractivity contribution in [2.45, 2.75) is 18.9 Å². The molecule has 1 aromatic heterocycles. The maximum Gasteiger partial charge on any atom is 0.250 e. The lowest BCUT2D eigenvalue weighted by atomic mass is 9.83. The van der Waals surface area contributed by atoms with Crippen molar-refractivity contribution < 1.29 is 9.59 Å². The second kappa shape index (κ2) is 9.11. The highest BCUT2D eigenvalue weighted by atomic mass is 32.2.